The summed E-state index contributed by atoms with van der Waals surface area (Å²) in [4.78, 5) is 30.6. The molecule has 0 radical (unpaired) electrons. The van der Waals surface area contributed by atoms with Crippen molar-refractivity contribution < 1.29 is 14.0 Å². The lowest BCUT2D eigenvalue weighted by Gasteiger charge is -2.23. The van der Waals surface area contributed by atoms with E-state index in [1.54, 1.807) is 6.07 Å². The Bertz CT molecular complexity index is 1160. The molecule has 0 unspecified atom stereocenters. The molecule has 168 valence electrons. The lowest BCUT2D eigenvalue weighted by Crippen LogP contribution is -2.50. The molecule has 1 aromatic carbocycles. The Labute approximate surface area is 190 Å². The summed E-state index contributed by atoms with van der Waals surface area (Å²) in [6.07, 6.45) is 3.61. The Balaban J connectivity index is 1.46. The highest BCUT2D eigenvalue weighted by Crippen LogP contribution is 2.33. The molecule has 2 amide bonds. The highest BCUT2D eigenvalue weighted by molar-refractivity contribution is 7.71. The van der Waals surface area contributed by atoms with Crippen molar-refractivity contribution in [1.82, 2.24) is 25.8 Å². The number of hydrogen-bond acceptors (Lipinski definition) is 7. The maximum absolute atomic E-state index is 13.1. The maximum atomic E-state index is 13.1. The van der Waals surface area contributed by atoms with Crippen molar-refractivity contribution in [3.8, 4) is 0 Å². The first-order chi connectivity index (χ1) is 15.5. The van der Waals surface area contributed by atoms with E-state index in [1.165, 1.54) is 0 Å². The molecule has 0 bridgehead atoms. The van der Waals surface area contributed by atoms with Crippen LogP contribution in [0.25, 0.3) is 10.9 Å². The van der Waals surface area contributed by atoms with Crippen molar-refractivity contribution >= 4 is 34.9 Å². The molecular weight excluding hydrogens is 428 g/mol. The summed E-state index contributed by atoms with van der Waals surface area (Å²) >= 11 is 4.97. The third-order valence-corrected chi connectivity index (χ3v) is 5.94. The van der Waals surface area contributed by atoms with Crippen molar-refractivity contribution in [3.63, 3.8) is 0 Å². The lowest BCUT2D eigenvalue weighted by atomic mass is 10.0. The van der Waals surface area contributed by atoms with E-state index < -0.39 is 11.9 Å². The van der Waals surface area contributed by atoms with E-state index >= 15 is 0 Å². The number of fused-ring (bicyclic) bond motifs is 1. The maximum Gasteiger partial charge on any atom is 0.284 e. The van der Waals surface area contributed by atoms with Crippen LogP contribution >= 0.6 is 12.2 Å². The number of pyridine rings is 1. The highest BCUT2D eigenvalue weighted by atomic mass is 32.1. The SMILES string of the molecule is NCCC[C@H](NC(=O)c1ccc2ccccc2n1)C(=O)N[C@H]1CCC[C@H]1c1n[nH]c(=S)o1. The van der Waals surface area contributed by atoms with Crippen LogP contribution in [-0.2, 0) is 4.79 Å². The molecule has 1 fully saturated rings. The molecule has 32 heavy (non-hydrogen) atoms. The number of aromatic amines is 1. The largest absolute Gasteiger partial charge is 0.414 e. The molecule has 0 saturated heterocycles. The monoisotopic (exact) mass is 454 g/mol. The number of H-pyrrole nitrogens is 1. The smallest absolute Gasteiger partial charge is 0.284 e. The Kier molecular flexibility index (Phi) is 6.91. The first-order valence-corrected chi connectivity index (χ1v) is 11.2. The normalized spacial score (nSPS) is 19.0. The molecule has 3 atom stereocenters. The van der Waals surface area contributed by atoms with Crippen molar-refractivity contribution in [1.29, 1.82) is 0 Å². The number of rotatable bonds is 8. The van der Waals surface area contributed by atoms with Gasteiger partial charge >= 0.3 is 0 Å². The van der Waals surface area contributed by atoms with E-state index in [9.17, 15) is 9.59 Å². The molecule has 2 aromatic heterocycles. The Hall–Kier alpha value is -3.11. The molecule has 3 aromatic rings. The quantitative estimate of drug-likeness (QED) is 0.384. The number of hydrogen-bond donors (Lipinski definition) is 4. The van der Waals surface area contributed by atoms with Crippen LogP contribution in [0.4, 0.5) is 0 Å². The van der Waals surface area contributed by atoms with Crippen molar-refractivity contribution in [2.45, 2.75) is 50.1 Å². The number of nitrogens with zero attached hydrogens (tertiary/aromatic N) is 2. The summed E-state index contributed by atoms with van der Waals surface area (Å²) in [7, 11) is 0. The minimum absolute atomic E-state index is 0.0556. The Morgan fingerprint density at radius 3 is 2.88 bits per heavy atom. The fraction of sp³-hybridized carbons (Fsp3) is 0.409. The van der Waals surface area contributed by atoms with E-state index in [2.05, 4.69) is 25.8 Å². The molecule has 0 aliphatic heterocycles. The van der Waals surface area contributed by atoms with E-state index in [1.807, 2.05) is 30.3 Å². The van der Waals surface area contributed by atoms with E-state index in [4.69, 9.17) is 22.4 Å². The molecular formula is C22H26N6O3S. The number of nitrogens with two attached hydrogens (primary N) is 1. The molecule has 1 aliphatic rings. The van der Waals surface area contributed by atoms with E-state index in [0.29, 0.717) is 25.3 Å². The van der Waals surface area contributed by atoms with Crippen LogP contribution in [0, 0.1) is 4.84 Å². The fourth-order valence-corrected chi connectivity index (χ4v) is 4.26. The lowest BCUT2D eigenvalue weighted by molar-refractivity contribution is -0.124. The number of aromatic nitrogens is 3. The molecule has 2 heterocycles. The third-order valence-electron chi connectivity index (χ3n) is 5.77. The van der Waals surface area contributed by atoms with E-state index in [0.717, 1.165) is 30.2 Å². The van der Waals surface area contributed by atoms with Gasteiger partial charge in [0, 0.05) is 11.4 Å². The van der Waals surface area contributed by atoms with Crippen molar-refractivity contribution in [2.24, 2.45) is 5.73 Å². The standard InChI is InChI=1S/C22H26N6O3S/c23-12-4-9-17(26-20(30)18-11-10-13-5-1-2-7-15(13)24-18)19(29)25-16-8-3-6-14(16)21-27-28-22(32)31-21/h1-2,5,7,10-11,14,16-17H,3-4,6,8-9,12,23H2,(H,25,29)(H,26,30)(H,28,32)/t14-,16+,17+/m1/s1. The van der Waals surface area contributed by atoms with Crippen molar-refractivity contribution in [3.05, 3.63) is 52.8 Å². The van der Waals surface area contributed by atoms with Gasteiger partial charge in [0.2, 0.25) is 11.8 Å². The summed E-state index contributed by atoms with van der Waals surface area (Å²) in [6.45, 7) is 0.424. The number of benzene rings is 1. The van der Waals surface area contributed by atoms with Gasteiger partial charge in [-0.25, -0.2) is 10.1 Å². The average molecular weight is 455 g/mol. The van der Waals surface area contributed by atoms with Crippen LogP contribution in [0.1, 0.15) is 54.4 Å². The molecule has 10 heteroatoms. The molecule has 4 rings (SSSR count). The summed E-state index contributed by atoms with van der Waals surface area (Å²) in [6, 6.07) is 10.2. The second kappa shape index (κ2) is 10.0. The molecule has 1 saturated carbocycles. The number of carbonyl (C=O) groups excluding carboxylic acids is 2. The Morgan fingerprint density at radius 1 is 1.25 bits per heavy atom. The third kappa shape index (κ3) is 5.03. The Morgan fingerprint density at radius 2 is 2.09 bits per heavy atom. The van der Waals surface area contributed by atoms with Crippen LogP contribution < -0.4 is 16.4 Å². The van der Waals surface area contributed by atoms with Crippen molar-refractivity contribution in [2.75, 3.05) is 6.54 Å². The summed E-state index contributed by atoms with van der Waals surface area (Å²) in [5.74, 6) is -0.201. The first kappa shape index (κ1) is 22.1. The van der Waals surface area contributed by atoms with Crippen LogP contribution in [0.5, 0.6) is 0 Å². The summed E-state index contributed by atoms with van der Waals surface area (Å²) in [5.41, 5.74) is 6.64. The predicted molar refractivity (Wildman–Crippen MR) is 121 cm³/mol. The zero-order chi connectivity index (χ0) is 22.5. The predicted octanol–water partition coefficient (Wildman–Crippen LogP) is 2.57. The fourth-order valence-electron chi connectivity index (χ4n) is 4.13. The minimum atomic E-state index is -0.716. The van der Waals surface area contributed by atoms with Gasteiger partial charge in [0.05, 0.1) is 11.4 Å². The molecule has 5 N–H and O–H groups in total. The summed E-state index contributed by atoms with van der Waals surface area (Å²) < 4.78 is 5.46. The van der Waals surface area contributed by atoms with Gasteiger partial charge in [-0.15, -0.1) is 5.10 Å². The minimum Gasteiger partial charge on any atom is -0.414 e. The van der Waals surface area contributed by atoms with Crippen LogP contribution in [0.2, 0.25) is 0 Å². The molecule has 1 aliphatic carbocycles. The van der Waals surface area contributed by atoms with Gasteiger partial charge in [-0.2, -0.15) is 0 Å². The van der Waals surface area contributed by atoms with Gasteiger partial charge in [0.15, 0.2) is 0 Å². The van der Waals surface area contributed by atoms with E-state index in [-0.39, 0.29) is 28.4 Å². The van der Waals surface area contributed by atoms with Crippen LogP contribution in [0.3, 0.4) is 0 Å². The van der Waals surface area contributed by atoms with Crippen LogP contribution in [-0.4, -0.2) is 45.6 Å². The van der Waals surface area contributed by atoms with Gasteiger partial charge in [0.1, 0.15) is 11.7 Å². The number of carbonyl (C=O) groups is 2. The van der Waals surface area contributed by atoms with Gasteiger partial charge in [-0.3, -0.25) is 9.59 Å². The zero-order valence-electron chi connectivity index (χ0n) is 17.5. The summed E-state index contributed by atoms with van der Waals surface area (Å²) in [5, 5.41) is 13.6. The second-order valence-electron chi connectivity index (χ2n) is 7.95. The van der Waals surface area contributed by atoms with Crippen LogP contribution in [0.15, 0.2) is 40.8 Å². The van der Waals surface area contributed by atoms with Gasteiger partial charge in [0.25, 0.3) is 10.7 Å². The van der Waals surface area contributed by atoms with Gasteiger partial charge in [-0.1, -0.05) is 30.7 Å². The number of nitrogens with one attached hydrogen (secondary N) is 3. The first-order valence-electron chi connectivity index (χ1n) is 10.8. The number of amides is 2. The average Bonchev–Trinajstić information content (AvgIpc) is 3.44. The zero-order valence-corrected chi connectivity index (χ0v) is 18.4. The number of para-hydroxylation sites is 1. The van der Waals surface area contributed by atoms with Gasteiger partial charge in [-0.05, 0) is 56.6 Å². The highest BCUT2D eigenvalue weighted by Gasteiger charge is 2.35. The molecule has 9 nitrogen and oxygen atoms in total. The molecule has 0 spiro atoms. The van der Waals surface area contributed by atoms with Gasteiger partial charge < -0.3 is 20.8 Å². The second-order valence-corrected chi connectivity index (χ2v) is 8.32. The topological polar surface area (TPSA) is 139 Å².